The number of carbonyl (C=O) groups excluding carboxylic acids is 1. The molecule has 0 aromatic rings. The minimum absolute atomic E-state index is 0.00463. The van der Waals surface area contributed by atoms with Gasteiger partial charge in [-0.25, -0.2) is 4.79 Å². The SMILES string of the molecule is CC1(C)OC(=O)C(S)=C1O. The first-order valence-corrected chi connectivity index (χ1v) is 3.26. The molecule has 10 heavy (non-hydrogen) atoms. The predicted octanol–water partition coefficient (Wildman–Crippen LogP) is 1.02. The maximum atomic E-state index is 10.7. The van der Waals surface area contributed by atoms with Crippen LogP contribution in [0.3, 0.4) is 0 Å². The minimum Gasteiger partial charge on any atom is -0.507 e. The lowest BCUT2D eigenvalue weighted by Crippen LogP contribution is -2.22. The Bertz CT molecular complexity index is 217. The van der Waals surface area contributed by atoms with Crippen LogP contribution < -0.4 is 0 Å². The van der Waals surface area contributed by atoms with Crippen molar-refractivity contribution < 1.29 is 14.6 Å². The van der Waals surface area contributed by atoms with Crippen LogP contribution in [0.5, 0.6) is 0 Å². The molecule has 0 bridgehead atoms. The normalized spacial score (nSPS) is 23.3. The minimum atomic E-state index is -0.895. The lowest BCUT2D eigenvalue weighted by molar-refractivity contribution is -0.144. The molecule has 0 unspecified atom stereocenters. The molecular weight excluding hydrogens is 152 g/mol. The Kier molecular flexibility index (Phi) is 1.43. The van der Waals surface area contributed by atoms with Gasteiger partial charge in [0.05, 0.1) is 0 Å². The van der Waals surface area contributed by atoms with Crippen LogP contribution in [-0.2, 0) is 9.53 Å². The maximum Gasteiger partial charge on any atom is 0.348 e. The van der Waals surface area contributed by atoms with Crippen LogP contribution in [0.2, 0.25) is 0 Å². The summed E-state index contributed by atoms with van der Waals surface area (Å²) in [6, 6.07) is 0. The molecule has 4 heteroatoms. The molecule has 0 aliphatic carbocycles. The molecule has 1 heterocycles. The largest absolute Gasteiger partial charge is 0.507 e. The highest BCUT2D eigenvalue weighted by molar-refractivity contribution is 7.85. The zero-order chi connectivity index (χ0) is 7.94. The molecule has 0 spiro atoms. The smallest absolute Gasteiger partial charge is 0.348 e. The summed E-state index contributed by atoms with van der Waals surface area (Å²) < 4.78 is 4.73. The predicted molar refractivity (Wildman–Crippen MR) is 38.8 cm³/mol. The van der Waals surface area contributed by atoms with Crippen LogP contribution in [0, 0.1) is 0 Å². The number of esters is 1. The quantitative estimate of drug-likeness (QED) is 0.411. The number of carbonyl (C=O) groups is 1. The van der Waals surface area contributed by atoms with Crippen molar-refractivity contribution >= 4 is 18.6 Å². The molecule has 56 valence electrons. The third-order valence-electron chi connectivity index (χ3n) is 1.34. The van der Waals surface area contributed by atoms with Gasteiger partial charge in [-0.1, -0.05) is 0 Å². The van der Waals surface area contributed by atoms with Crippen molar-refractivity contribution in [2.45, 2.75) is 19.4 Å². The van der Waals surface area contributed by atoms with Crippen molar-refractivity contribution in [2.75, 3.05) is 0 Å². The second-order valence-corrected chi connectivity index (χ2v) is 3.04. The molecule has 1 aliphatic heterocycles. The van der Waals surface area contributed by atoms with Crippen LogP contribution in [-0.4, -0.2) is 16.7 Å². The highest BCUT2D eigenvalue weighted by atomic mass is 32.1. The van der Waals surface area contributed by atoms with Gasteiger partial charge in [-0.15, -0.1) is 12.6 Å². The molecule has 0 fully saturated rings. The van der Waals surface area contributed by atoms with Gasteiger partial charge in [-0.2, -0.15) is 0 Å². The van der Waals surface area contributed by atoms with E-state index in [-0.39, 0.29) is 10.7 Å². The topological polar surface area (TPSA) is 46.5 Å². The monoisotopic (exact) mass is 160 g/mol. The third-order valence-corrected chi connectivity index (χ3v) is 1.73. The van der Waals surface area contributed by atoms with E-state index in [0.29, 0.717) is 0 Å². The standard InChI is InChI=1S/C6H8O3S/c1-6(2)4(7)3(10)5(8)9-6/h7,10H,1-2H3. The number of hydrogen-bond donors (Lipinski definition) is 2. The number of aliphatic hydroxyl groups excluding tert-OH is 1. The highest BCUT2D eigenvalue weighted by Gasteiger charge is 2.39. The molecular formula is C6H8O3S. The van der Waals surface area contributed by atoms with Gasteiger partial charge >= 0.3 is 5.97 Å². The summed E-state index contributed by atoms with van der Waals surface area (Å²) in [6.45, 7) is 3.20. The van der Waals surface area contributed by atoms with Gasteiger partial charge in [0.1, 0.15) is 4.91 Å². The molecule has 0 saturated carbocycles. The van der Waals surface area contributed by atoms with E-state index in [1.165, 1.54) is 0 Å². The average molecular weight is 160 g/mol. The number of ether oxygens (including phenoxy) is 1. The van der Waals surface area contributed by atoms with Crippen molar-refractivity contribution in [1.29, 1.82) is 0 Å². The van der Waals surface area contributed by atoms with Crippen LogP contribution in [0.1, 0.15) is 13.8 Å². The van der Waals surface area contributed by atoms with Gasteiger partial charge in [-0.05, 0) is 13.8 Å². The van der Waals surface area contributed by atoms with Crippen molar-refractivity contribution in [3.63, 3.8) is 0 Å². The molecule has 0 saturated heterocycles. The number of rotatable bonds is 0. The zero-order valence-corrected chi connectivity index (χ0v) is 6.61. The van der Waals surface area contributed by atoms with Crippen LogP contribution in [0.4, 0.5) is 0 Å². The fourth-order valence-electron chi connectivity index (χ4n) is 0.710. The zero-order valence-electron chi connectivity index (χ0n) is 5.71. The summed E-state index contributed by atoms with van der Waals surface area (Å²) in [7, 11) is 0. The number of thiol groups is 1. The van der Waals surface area contributed by atoms with Gasteiger partial charge in [0.2, 0.25) is 0 Å². The van der Waals surface area contributed by atoms with Gasteiger partial charge < -0.3 is 9.84 Å². The summed E-state index contributed by atoms with van der Waals surface area (Å²) in [5, 5.41) is 9.15. The molecule has 0 aromatic heterocycles. The molecule has 0 atom stereocenters. The lowest BCUT2D eigenvalue weighted by Gasteiger charge is -2.15. The van der Waals surface area contributed by atoms with E-state index in [0.717, 1.165) is 0 Å². The Morgan fingerprint density at radius 3 is 2.20 bits per heavy atom. The first kappa shape index (κ1) is 7.47. The van der Waals surface area contributed by atoms with Gasteiger partial charge in [0.15, 0.2) is 11.4 Å². The molecule has 3 nitrogen and oxygen atoms in total. The molecule has 0 radical (unpaired) electrons. The van der Waals surface area contributed by atoms with E-state index in [4.69, 9.17) is 9.84 Å². The van der Waals surface area contributed by atoms with Crippen molar-refractivity contribution in [2.24, 2.45) is 0 Å². The van der Waals surface area contributed by atoms with E-state index in [1.807, 2.05) is 0 Å². The van der Waals surface area contributed by atoms with Crippen molar-refractivity contribution in [1.82, 2.24) is 0 Å². The van der Waals surface area contributed by atoms with Crippen LogP contribution >= 0.6 is 12.6 Å². The molecule has 0 aromatic carbocycles. The van der Waals surface area contributed by atoms with Gasteiger partial charge in [0, 0.05) is 0 Å². The number of cyclic esters (lactones) is 1. The Hall–Kier alpha value is -0.640. The molecule has 1 aliphatic rings. The summed E-state index contributed by atoms with van der Waals surface area (Å²) in [5.41, 5.74) is -0.895. The average Bonchev–Trinajstić information content (AvgIpc) is 1.95. The summed E-state index contributed by atoms with van der Waals surface area (Å²) >= 11 is 3.75. The molecule has 1 N–H and O–H groups in total. The summed E-state index contributed by atoms with van der Waals surface area (Å²) in [5.74, 6) is -0.660. The number of hydrogen-bond acceptors (Lipinski definition) is 4. The van der Waals surface area contributed by atoms with Gasteiger partial charge in [0.25, 0.3) is 0 Å². The number of aliphatic hydroxyl groups is 1. The van der Waals surface area contributed by atoms with Crippen LogP contribution in [0.15, 0.2) is 10.7 Å². The lowest BCUT2D eigenvalue weighted by atomic mass is 10.1. The van der Waals surface area contributed by atoms with E-state index >= 15 is 0 Å². The van der Waals surface area contributed by atoms with Gasteiger partial charge in [-0.3, -0.25) is 0 Å². The Labute approximate surface area is 64.1 Å². The maximum absolute atomic E-state index is 10.7. The second kappa shape index (κ2) is 1.92. The fourth-order valence-corrected chi connectivity index (χ4v) is 1.03. The van der Waals surface area contributed by atoms with Crippen molar-refractivity contribution in [3.8, 4) is 0 Å². The van der Waals surface area contributed by atoms with E-state index in [1.54, 1.807) is 13.8 Å². The van der Waals surface area contributed by atoms with Crippen LogP contribution in [0.25, 0.3) is 0 Å². The highest BCUT2D eigenvalue weighted by Crippen LogP contribution is 2.31. The third kappa shape index (κ3) is 0.883. The Morgan fingerprint density at radius 2 is 2.10 bits per heavy atom. The molecule has 1 rings (SSSR count). The Morgan fingerprint density at radius 1 is 1.60 bits per heavy atom. The summed E-state index contributed by atoms with van der Waals surface area (Å²) in [4.78, 5) is 10.7. The first-order valence-electron chi connectivity index (χ1n) is 2.81. The molecule has 0 amide bonds. The first-order chi connectivity index (χ1) is 4.45. The van der Waals surface area contributed by atoms with E-state index in [2.05, 4.69) is 12.6 Å². The fraction of sp³-hybridized carbons (Fsp3) is 0.500. The second-order valence-electron chi connectivity index (χ2n) is 2.60. The van der Waals surface area contributed by atoms with E-state index in [9.17, 15) is 4.79 Å². The van der Waals surface area contributed by atoms with E-state index < -0.39 is 11.6 Å². The summed E-state index contributed by atoms with van der Waals surface area (Å²) in [6.07, 6.45) is 0. The van der Waals surface area contributed by atoms with Crippen molar-refractivity contribution in [3.05, 3.63) is 10.7 Å². The Balaban J connectivity index is 3.06.